The first-order valence-electron chi connectivity index (χ1n) is 12.1. The SMILES string of the molecule is CC1CCN(c2ccc(NC(=O)C3CCCCC3)cc2C(=O)N2CCCCC2)CC1. The van der Waals surface area contributed by atoms with Crippen LogP contribution in [-0.2, 0) is 4.79 Å². The number of anilines is 2. The molecule has 5 heteroatoms. The van der Waals surface area contributed by atoms with E-state index in [4.69, 9.17) is 0 Å². The van der Waals surface area contributed by atoms with Crippen LogP contribution < -0.4 is 10.2 Å². The molecule has 0 radical (unpaired) electrons. The highest BCUT2D eigenvalue weighted by Crippen LogP contribution is 2.31. The third-order valence-electron chi connectivity index (χ3n) is 7.24. The fourth-order valence-electron chi connectivity index (χ4n) is 5.19. The molecule has 3 aliphatic rings. The van der Waals surface area contributed by atoms with Gasteiger partial charge in [0.05, 0.1) is 5.56 Å². The third kappa shape index (κ3) is 4.98. The summed E-state index contributed by atoms with van der Waals surface area (Å²) in [6.45, 7) is 5.98. The van der Waals surface area contributed by atoms with Gasteiger partial charge < -0.3 is 15.1 Å². The topological polar surface area (TPSA) is 52.7 Å². The van der Waals surface area contributed by atoms with Crippen LogP contribution in [0, 0.1) is 11.8 Å². The zero-order valence-electron chi connectivity index (χ0n) is 18.5. The molecule has 0 bridgehead atoms. The van der Waals surface area contributed by atoms with E-state index in [2.05, 4.69) is 23.2 Å². The number of benzene rings is 1. The van der Waals surface area contributed by atoms with Crippen LogP contribution in [0.5, 0.6) is 0 Å². The number of likely N-dealkylation sites (tertiary alicyclic amines) is 1. The third-order valence-corrected chi connectivity index (χ3v) is 7.24. The number of carbonyl (C=O) groups excluding carboxylic acids is 2. The highest BCUT2D eigenvalue weighted by atomic mass is 16.2. The molecule has 0 aromatic heterocycles. The summed E-state index contributed by atoms with van der Waals surface area (Å²) in [4.78, 5) is 30.6. The van der Waals surface area contributed by atoms with Crippen LogP contribution >= 0.6 is 0 Å². The van der Waals surface area contributed by atoms with Crippen LogP contribution in [0.25, 0.3) is 0 Å². The zero-order chi connectivity index (χ0) is 20.9. The molecule has 1 N–H and O–H groups in total. The minimum Gasteiger partial charge on any atom is -0.371 e. The number of rotatable bonds is 4. The van der Waals surface area contributed by atoms with Crippen molar-refractivity contribution in [2.24, 2.45) is 11.8 Å². The van der Waals surface area contributed by atoms with Crippen molar-refractivity contribution in [3.05, 3.63) is 23.8 Å². The number of piperidine rings is 2. The molecular formula is C25H37N3O2. The van der Waals surface area contributed by atoms with Gasteiger partial charge in [0.25, 0.3) is 5.91 Å². The van der Waals surface area contributed by atoms with Gasteiger partial charge in [0.15, 0.2) is 0 Å². The van der Waals surface area contributed by atoms with Gasteiger partial charge in [0.1, 0.15) is 0 Å². The normalized spacial score (nSPS) is 21.5. The van der Waals surface area contributed by atoms with E-state index >= 15 is 0 Å². The number of nitrogens with zero attached hydrogens (tertiary/aromatic N) is 2. The molecule has 4 rings (SSSR count). The zero-order valence-corrected chi connectivity index (χ0v) is 18.5. The van der Waals surface area contributed by atoms with E-state index in [0.29, 0.717) is 0 Å². The second-order valence-corrected chi connectivity index (χ2v) is 9.58. The van der Waals surface area contributed by atoms with Crippen LogP contribution in [0.4, 0.5) is 11.4 Å². The average Bonchev–Trinajstić information content (AvgIpc) is 2.80. The van der Waals surface area contributed by atoms with Crippen molar-refractivity contribution in [2.75, 3.05) is 36.4 Å². The maximum atomic E-state index is 13.5. The van der Waals surface area contributed by atoms with Gasteiger partial charge in [-0.05, 0) is 69.1 Å². The Morgan fingerprint density at radius 2 is 1.53 bits per heavy atom. The molecule has 164 valence electrons. The molecule has 1 aromatic rings. The fourth-order valence-corrected chi connectivity index (χ4v) is 5.19. The first kappa shape index (κ1) is 21.2. The van der Waals surface area contributed by atoms with E-state index < -0.39 is 0 Å². The Morgan fingerprint density at radius 3 is 2.23 bits per heavy atom. The Morgan fingerprint density at radius 1 is 0.867 bits per heavy atom. The molecule has 2 saturated heterocycles. The molecule has 1 aliphatic carbocycles. The van der Waals surface area contributed by atoms with E-state index in [0.717, 1.165) is 100 Å². The van der Waals surface area contributed by atoms with Crippen molar-refractivity contribution in [1.29, 1.82) is 0 Å². The second kappa shape index (κ2) is 9.84. The van der Waals surface area contributed by atoms with Gasteiger partial charge in [-0.15, -0.1) is 0 Å². The summed E-state index contributed by atoms with van der Waals surface area (Å²) in [6, 6.07) is 5.98. The molecule has 2 heterocycles. The summed E-state index contributed by atoms with van der Waals surface area (Å²) in [7, 11) is 0. The van der Waals surface area contributed by atoms with E-state index in [1.165, 1.54) is 12.8 Å². The molecule has 2 aliphatic heterocycles. The minimum atomic E-state index is 0.114. The first-order valence-corrected chi connectivity index (χ1v) is 12.1. The largest absolute Gasteiger partial charge is 0.371 e. The average molecular weight is 412 g/mol. The summed E-state index contributed by atoms with van der Waals surface area (Å²) in [5.41, 5.74) is 2.56. The Balaban J connectivity index is 1.56. The highest BCUT2D eigenvalue weighted by molar-refractivity contribution is 6.02. The Kier molecular flexibility index (Phi) is 6.96. The van der Waals surface area contributed by atoms with Gasteiger partial charge >= 0.3 is 0 Å². The standard InChI is InChI=1S/C25H37N3O2/c1-19-12-16-27(17-13-19)23-11-10-21(26-24(29)20-8-4-2-5-9-20)18-22(23)25(30)28-14-6-3-7-15-28/h10-11,18-20H,2-9,12-17H2,1H3,(H,26,29). The second-order valence-electron chi connectivity index (χ2n) is 9.58. The lowest BCUT2D eigenvalue weighted by Gasteiger charge is -2.35. The molecule has 1 aromatic carbocycles. The van der Waals surface area contributed by atoms with Crippen LogP contribution in [0.2, 0.25) is 0 Å². The molecule has 30 heavy (non-hydrogen) atoms. The number of hydrogen-bond acceptors (Lipinski definition) is 3. The Hall–Kier alpha value is -2.04. The van der Waals surface area contributed by atoms with Crippen LogP contribution in [-0.4, -0.2) is 42.9 Å². The van der Waals surface area contributed by atoms with E-state index in [9.17, 15) is 9.59 Å². The predicted octanol–water partition coefficient (Wildman–Crippen LogP) is 5.07. The minimum absolute atomic E-state index is 0.114. The molecule has 3 fully saturated rings. The molecule has 0 spiro atoms. The summed E-state index contributed by atoms with van der Waals surface area (Å²) in [5.74, 6) is 1.10. The molecule has 2 amide bonds. The van der Waals surface area contributed by atoms with E-state index in [-0.39, 0.29) is 17.7 Å². The summed E-state index contributed by atoms with van der Waals surface area (Å²) < 4.78 is 0. The smallest absolute Gasteiger partial charge is 0.256 e. The van der Waals surface area contributed by atoms with Gasteiger partial charge in [0.2, 0.25) is 5.91 Å². The lowest BCUT2D eigenvalue weighted by Crippen LogP contribution is -2.38. The summed E-state index contributed by atoms with van der Waals surface area (Å²) in [5, 5.41) is 3.12. The van der Waals surface area contributed by atoms with Crippen molar-refractivity contribution >= 4 is 23.2 Å². The molecule has 0 atom stereocenters. The molecular weight excluding hydrogens is 374 g/mol. The van der Waals surface area contributed by atoms with Gasteiger partial charge in [-0.3, -0.25) is 9.59 Å². The van der Waals surface area contributed by atoms with Crippen molar-refractivity contribution in [2.45, 2.75) is 71.1 Å². The molecule has 0 unspecified atom stereocenters. The van der Waals surface area contributed by atoms with Crippen molar-refractivity contribution < 1.29 is 9.59 Å². The number of hydrogen-bond donors (Lipinski definition) is 1. The number of nitrogens with one attached hydrogen (secondary N) is 1. The monoisotopic (exact) mass is 411 g/mol. The lowest BCUT2D eigenvalue weighted by molar-refractivity contribution is -0.120. The van der Waals surface area contributed by atoms with E-state index in [1.807, 2.05) is 17.0 Å². The number of carbonyl (C=O) groups is 2. The van der Waals surface area contributed by atoms with Gasteiger partial charge in [0, 0.05) is 43.5 Å². The highest BCUT2D eigenvalue weighted by Gasteiger charge is 2.26. The van der Waals surface area contributed by atoms with Gasteiger partial charge in [-0.25, -0.2) is 0 Å². The maximum absolute atomic E-state index is 13.5. The van der Waals surface area contributed by atoms with Gasteiger partial charge in [-0.1, -0.05) is 26.2 Å². The van der Waals surface area contributed by atoms with Crippen molar-refractivity contribution in [3.8, 4) is 0 Å². The number of amides is 2. The quantitative estimate of drug-likeness (QED) is 0.753. The molecule has 5 nitrogen and oxygen atoms in total. The summed E-state index contributed by atoms with van der Waals surface area (Å²) in [6.07, 6.45) is 11.2. The first-order chi connectivity index (χ1) is 14.6. The van der Waals surface area contributed by atoms with E-state index in [1.54, 1.807) is 0 Å². The van der Waals surface area contributed by atoms with Crippen LogP contribution in [0.3, 0.4) is 0 Å². The van der Waals surface area contributed by atoms with Crippen LogP contribution in [0.15, 0.2) is 18.2 Å². The maximum Gasteiger partial charge on any atom is 0.256 e. The van der Waals surface area contributed by atoms with Gasteiger partial charge in [-0.2, -0.15) is 0 Å². The predicted molar refractivity (Wildman–Crippen MR) is 122 cm³/mol. The Bertz CT molecular complexity index is 743. The fraction of sp³-hybridized carbons (Fsp3) is 0.680. The van der Waals surface area contributed by atoms with Crippen molar-refractivity contribution in [1.82, 2.24) is 4.90 Å². The molecule has 1 saturated carbocycles. The Labute approximate surface area is 181 Å². The van der Waals surface area contributed by atoms with Crippen molar-refractivity contribution in [3.63, 3.8) is 0 Å². The van der Waals surface area contributed by atoms with Crippen LogP contribution in [0.1, 0.15) is 81.5 Å². The lowest BCUT2D eigenvalue weighted by atomic mass is 9.88. The summed E-state index contributed by atoms with van der Waals surface area (Å²) >= 11 is 0.